The number of amides is 2. The molecule has 28 heavy (non-hydrogen) atoms. The Morgan fingerprint density at radius 1 is 1.00 bits per heavy atom. The number of nitrogens with zero attached hydrogens (tertiary/aromatic N) is 1. The number of ketones is 1. The molecular formula is C22H18ClN2O3+. The number of imide groups is 1. The SMILES string of the molecule is CC(=O)[C@H]1[C@@H]2C(=O)N(c3ccc(Cl)cc3)C(=O)[C@@H]2[C@H]2c3ccccc3C=C[NH+]21. The third kappa shape index (κ3) is 2.26. The molecule has 0 aromatic heterocycles. The second-order valence-electron chi connectivity index (χ2n) is 7.57. The first-order valence-electron chi connectivity index (χ1n) is 9.26. The molecule has 5 nitrogen and oxygen atoms in total. The van der Waals surface area contributed by atoms with E-state index in [1.54, 1.807) is 24.3 Å². The number of rotatable bonds is 2. The minimum atomic E-state index is -0.656. The number of nitrogens with one attached hydrogen (secondary N) is 1. The predicted octanol–water partition coefficient (Wildman–Crippen LogP) is 2.03. The van der Waals surface area contributed by atoms with Crippen molar-refractivity contribution in [2.45, 2.75) is 19.0 Å². The van der Waals surface area contributed by atoms with E-state index in [-0.39, 0.29) is 23.6 Å². The van der Waals surface area contributed by atoms with Crippen molar-refractivity contribution in [3.05, 3.63) is 70.9 Å². The van der Waals surface area contributed by atoms with E-state index < -0.39 is 17.9 Å². The molecular weight excluding hydrogens is 376 g/mol. The van der Waals surface area contributed by atoms with E-state index in [1.165, 1.54) is 11.8 Å². The zero-order valence-electron chi connectivity index (χ0n) is 15.1. The fourth-order valence-electron chi connectivity index (χ4n) is 5.07. The number of Topliss-reactive ketones (excluding diaryl/α,β-unsaturated/α-hetero) is 1. The van der Waals surface area contributed by atoms with Crippen molar-refractivity contribution < 1.29 is 19.3 Å². The number of carbonyl (C=O) groups excluding carboxylic acids is 3. The highest BCUT2D eigenvalue weighted by atomic mass is 35.5. The first kappa shape index (κ1) is 17.3. The van der Waals surface area contributed by atoms with Crippen molar-refractivity contribution in [2.75, 3.05) is 4.90 Å². The normalized spacial score (nSPS) is 30.2. The summed E-state index contributed by atoms with van der Waals surface area (Å²) in [4.78, 5) is 41.4. The summed E-state index contributed by atoms with van der Waals surface area (Å²) in [6.45, 7) is 1.51. The summed E-state index contributed by atoms with van der Waals surface area (Å²) in [7, 11) is 0. The van der Waals surface area contributed by atoms with Crippen LogP contribution in [0.2, 0.25) is 5.02 Å². The molecule has 2 fully saturated rings. The van der Waals surface area contributed by atoms with Crippen LogP contribution < -0.4 is 9.80 Å². The highest BCUT2D eigenvalue weighted by Gasteiger charge is 2.67. The van der Waals surface area contributed by atoms with Gasteiger partial charge in [0, 0.05) is 17.5 Å². The highest BCUT2D eigenvalue weighted by Crippen LogP contribution is 2.44. The van der Waals surface area contributed by atoms with Gasteiger partial charge in [0.1, 0.15) is 17.9 Å². The van der Waals surface area contributed by atoms with Crippen LogP contribution in [-0.4, -0.2) is 23.6 Å². The van der Waals surface area contributed by atoms with Gasteiger partial charge in [0.25, 0.3) is 0 Å². The van der Waals surface area contributed by atoms with Gasteiger partial charge in [-0.2, -0.15) is 0 Å². The molecule has 1 unspecified atom stereocenters. The summed E-state index contributed by atoms with van der Waals surface area (Å²) >= 11 is 5.96. The van der Waals surface area contributed by atoms with Gasteiger partial charge in [-0.05, 0) is 35.9 Å². The van der Waals surface area contributed by atoms with Crippen molar-refractivity contribution in [1.82, 2.24) is 0 Å². The number of fused-ring (bicyclic) bond motifs is 5. The Bertz CT molecular complexity index is 1050. The zero-order chi connectivity index (χ0) is 19.6. The van der Waals surface area contributed by atoms with E-state index in [9.17, 15) is 14.4 Å². The van der Waals surface area contributed by atoms with E-state index in [0.717, 1.165) is 16.0 Å². The minimum Gasteiger partial charge on any atom is -0.293 e. The maximum absolute atomic E-state index is 13.4. The number of carbonyl (C=O) groups is 3. The van der Waals surface area contributed by atoms with Crippen LogP contribution in [0.1, 0.15) is 24.1 Å². The van der Waals surface area contributed by atoms with Crippen LogP contribution in [0.4, 0.5) is 5.69 Å². The molecule has 0 bridgehead atoms. The molecule has 3 aliphatic heterocycles. The fraction of sp³-hybridized carbons (Fsp3) is 0.227. The summed E-state index contributed by atoms with van der Waals surface area (Å²) in [6.07, 6.45) is 3.91. The summed E-state index contributed by atoms with van der Waals surface area (Å²) < 4.78 is 0. The lowest BCUT2D eigenvalue weighted by molar-refractivity contribution is -0.884. The molecule has 6 heteroatoms. The molecule has 3 aliphatic rings. The van der Waals surface area contributed by atoms with Crippen molar-refractivity contribution >= 4 is 41.0 Å². The van der Waals surface area contributed by atoms with E-state index >= 15 is 0 Å². The Kier molecular flexibility index (Phi) is 3.79. The Balaban J connectivity index is 1.65. The summed E-state index contributed by atoms with van der Waals surface area (Å²) in [5.74, 6) is -1.83. The number of benzene rings is 2. The van der Waals surface area contributed by atoms with Crippen LogP contribution >= 0.6 is 11.6 Å². The Hall–Kier alpha value is -2.76. The molecule has 5 atom stereocenters. The van der Waals surface area contributed by atoms with Gasteiger partial charge in [-0.1, -0.05) is 35.9 Å². The van der Waals surface area contributed by atoms with Gasteiger partial charge in [-0.3, -0.25) is 19.3 Å². The predicted molar refractivity (Wildman–Crippen MR) is 105 cm³/mol. The largest absolute Gasteiger partial charge is 0.293 e. The van der Waals surface area contributed by atoms with Crippen LogP contribution in [0.25, 0.3) is 6.08 Å². The first-order chi connectivity index (χ1) is 13.5. The average Bonchev–Trinajstić information content (AvgIpc) is 3.16. The lowest BCUT2D eigenvalue weighted by atomic mass is 9.84. The van der Waals surface area contributed by atoms with Crippen molar-refractivity contribution in [3.8, 4) is 0 Å². The fourth-order valence-corrected chi connectivity index (χ4v) is 5.19. The van der Waals surface area contributed by atoms with E-state index in [2.05, 4.69) is 0 Å². The van der Waals surface area contributed by atoms with E-state index in [0.29, 0.717) is 10.7 Å². The van der Waals surface area contributed by atoms with Crippen molar-refractivity contribution in [1.29, 1.82) is 0 Å². The first-order valence-corrected chi connectivity index (χ1v) is 9.64. The van der Waals surface area contributed by atoms with Crippen LogP contribution in [-0.2, 0) is 14.4 Å². The molecule has 1 N–H and O–H groups in total. The minimum absolute atomic E-state index is 0.0735. The quantitative estimate of drug-likeness (QED) is 0.794. The summed E-state index contributed by atoms with van der Waals surface area (Å²) in [6, 6.07) is 13.7. The smallest absolute Gasteiger partial charge is 0.244 e. The van der Waals surface area contributed by atoms with E-state index in [1.807, 2.05) is 36.5 Å². The topological polar surface area (TPSA) is 58.9 Å². The monoisotopic (exact) mass is 393 g/mol. The molecule has 0 saturated carbocycles. The van der Waals surface area contributed by atoms with Gasteiger partial charge in [-0.25, -0.2) is 4.90 Å². The Labute approximate surface area is 167 Å². The second kappa shape index (κ2) is 6.12. The van der Waals surface area contributed by atoms with Crippen molar-refractivity contribution in [3.63, 3.8) is 0 Å². The molecule has 0 aliphatic carbocycles. The summed E-state index contributed by atoms with van der Waals surface area (Å²) in [5.41, 5.74) is 2.54. The lowest BCUT2D eigenvalue weighted by Crippen LogP contribution is -3.12. The molecule has 3 heterocycles. The molecule has 0 spiro atoms. The maximum atomic E-state index is 13.4. The van der Waals surface area contributed by atoms with Crippen LogP contribution in [0.15, 0.2) is 54.7 Å². The third-order valence-electron chi connectivity index (χ3n) is 6.14. The molecule has 2 saturated heterocycles. The molecule has 2 aromatic carbocycles. The lowest BCUT2D eigenvalue weighted by Gasteiger charge is -2.30. The van der Waals surface area contributed by atoms with Gasteiger partial charge in [-0.15, -0.1) is 0 Å². The number of hydrogen-bond acceptors (Lipinski definition) is 3. The van der Waals surface area contributed by atoms with Crippen LogP contribution in [0.3, 0.4) is 0 Å². The Morgan fingerprint density at radius 3 is 2.39 bits per heavy atom. The molecule has 2 aromatic rings. The Morgan fingerprint density at radius 2 is 1.68 bits per heavy atom. The number of hydrogen-bond donors (Lipinski definition) is 1. The third-order valence-corrected chi connectivity index (χ3v) is 6.40. The summed E-state index contributed by atoms with van der Waals surface area (Å²) in [5, 5.41) is 0.534. The van der Waals surface area contributed by atoms with Gasteiger partial charge < -0.3 is 0 Å². The number of anilines is 1. The average molecular weight is 394 g/mol. The molecule has 0 radical (unpaired) electrons. The van der Waals surface area contributed by atoms with Gasteiger partial charge in [0.2, 0.25) is 11.8 Å². The zero-order valence-corrected chi connectivity index (χ0v) is 15.9. The number of quaternary nitrogens is 1. The molecule has 2 amide bonds. The molecule has 140 valence electrons. The van der Waals surface area contributed by atoms with Gasteiger partial charge >= 0.3 is 0 Å². The van der Waals surface area contributed by atoms with Crippen molar-refractivity contribution in [2.24, 2.45) is 11.8 Å². The van der Waals surface area contributed by atoms with E-state index in [4.69, 9.17) is 11.6 Å². The standard InChI is InChI=1S/C22H17ClN2O3/c1-12(26)19-17-18(20-16-5-3-2-4-13(16)10-11-24(19)20)22(28)25(21(17)27)15-8-6-14(23)7-9-15/h2-11,17-20H,1H3/p+1/t17-,18+,19+,20-/m1/s1. The second-order valence-corrected chi connectivity index (χ2v) is 8.00. The maximum Gasteiger partial charge on any atom is 0.244 e. The highest BCUT2D eigenvalue weighted by molar-refractivity contribution is 6.31. The van der Waals surface area contributed by atoms with Crippen LogP contribution in [0.5, 0.6) is 0 Å². The van der Waals surface area contributed by atoms with Gasteiger partial charge in [0.15, 0.2) is 11.8 Å². The molecule has 5 rings (SSSR count). The van der Waals surface area contributed by atoms with Gasteiger partial charge in [0.05, 0.1) is 11.9 Å². The van der Waals surface area contributed by atoms with Crippen LogP contribution in [0, 0.1) is 11.8 Å². The number of halogens is 1.